The van der Waals surface area contributed by atoms with Gasteiger partial charge < -0.3 is 18.9 Å². The first-order valence-electron chi connectivity index (χ1n) is 14.5. The van der Waals surface area contributed by atoms with Crippen LogP contribution in [0.15, 0.2) is 107 Å². The molecule has 0 saturated heterocycles. The van der Waals surface area contributed by atoms with Gasteiger partial charge in [-0.15, -0.1) is 0 Å². The first-order valence-corrected chi connectivity index (χ1v) is 16.1. The molecule has 0 saturated carbocycles. The molecule has 5 aromatic carbocycles. The number of rotatable bonds is 10. The molecule has 0 fully saturated rings. The van der Waals surface area contributed by atoms with Crippen molar-refractivity contribution in [3.8, 4) is 28.4 Å². The van der Waals surface area contributed by atoms with E-state index in [1.807, 2.05) is 48.5 Å². The zero-order valence-corrected chi connectivity index (χ0v) is 27.5. The number of esters is 1. The maximum absolute atomic E-state index is 11.1. The van der Waals surface area contributed by atoms with Gasteiger partial charge in [0.2, 0.25) is 0 Å². The second-order valence-electron chi connectivity index (χ2n) is 10.4. The molecule has 0 aromatic heterocycles. The van der Waals surface area contributed by atoms with Crippen LogP contribution in [0.1, 0.15) is 12.0 Å². The molecule has 9 heteroatoms. The van der Waals surface area contributed by atoms with E-state index in [9.17, 15) is 4.79 Å². The highest BCUT2D eigenvalue weighted by atomic mass is 79.9. The highest BCUT2D eigenvalue weighted by Crippen LogP contribution is 2.46. The van der Waals surface area contributed by atoms with Crippen LogP contribution in [0, 0.1) is 0 Å². The Balaban J connectivity index is 1.15. The van der Waals surface area contributed by atoms with Crippen LogP contribution in [0.25, 0.3) is 32.7 Å². The van der Waals surface area contributed by atoms with E-state index in [1.54, 1.807) is 0 Å². The zero-order chi connectivity index (χ0) is 31.2. The molecule has 0 atom stereocenters. The van der Waals surface area contributed by atoms with Gasteiger partial charge in [-0.25, -0.2) is 14.6 Å². The number of fused-ring (bicyclic) bond motifs is 7. The molecule has 1 heterocycles. The van der Waals surface area contributed by atoms with Crippen LogP contribution in [-0.4, -0.2) is 38.5 Å². The molecule has 5 aromatic rings. The van der Waals surface area contributed by atoms with Crippen molar-refractivity contribution in [2.45, 2.75) is 19.1 Å². The lowest BCUT2D eigenvalue weighted by Crippen LogP contribution is -2.28. The van der Waals surface area contributed by atoms with Crippen LogP contribution in [0.2, 0.25) is 0 Å². The van der Waals surface area contributed by atoms with Gasteiger partial charge in [0.05, 0.1) is 13.2 Å². The molecule has 0 radical (unpaired) electrons. The van der Waals surface area contributed by atoms with E-state index < -0.39 is 12.1 Å². The minimum absolute atomic E-state index is 0.237. The summed E-state index contributed by atoms with van der Waals surface area (Å²) < 4.78 is 25.5. The highest BCUT2D eigenvalue weighted by Gasteiger charge is 2.24. The maximum Gasteiger partial charge on any atom is 0.330 e. The van der Waals surface area contributed by atoms with Crippen LogP contribution in [0.3, 0.4) is 0 Å². The highest BCUT2D eigenvalue weighted by molar-refractivity contribution is 9.10. The maximum atomic E-state index is 11.1. The predicted octanol–water partition coefficient (Wildman–Crippen LogP) is 8.97. The SMILES string of the molecule is C=CC(=O)OCCCOc1ccc(COOC2COc3ccc4cc(Br)ccc4c3-c3c(ccc4cc(Br)ccc34)OC2)cc1. The third-order valence-corrected chi connectivity index (χ3v) is 8.29. The molecule has 0 unspecified atom stereocenters. The molecule has 0 amide bonds. The summed E-state index contributed by atoms with van der Waals surface area (Å²) in [5.41, 5.74) is 2.87. The van der Waals surface area contributed by atoms with Crippen molar-refractivity contribution < 1.29 is 33.5 Å². The first-order chi connectivity index (χ1) is 22.0. The Morgan fingerprint density at radius 2 is 1.40 bits per heavy atom. The number of halogens is 2. The van der Waals surface area contributed by atoms with Crippen LogP contribution < -0.4 is 14.2 Å². The van der Waals surface area contributed by atoms with Crippen molar-refractivity contribution in [2.75, 3.05) is 26.4 Å². The minimum atomic E-state index is -0.483. The van der Waals surface area contributed by atoms with E-state index in [4.69, 9.17) is 28.7 Å². The normalized spacial score (nSPS) is 13.0. The fourth-order valence-corrected chi connectivity index (χ4v) is 5.91. The van der Waals surface area contributed by atoms with Gasteiger partial charge in [0, 0.05) is 32.6 Å². The van der Waals surface area contributed by atoms with E-state index in [2.05, 4.69) is 74.8 Å². The Hall–Kier alpha value is -3.89. The number of ether oxygens (including phenoxy) is 4. The number of hydrogen-bond donors (Lipinski definition) is 0. The molecule has 0 N–H and O–H groups in total. The second-order valence-corrected chi connectivity index (χ2v) is 12.3. The summed E-state index contributed by atoms with van der Waals surface area (Å²) in [5, 5.41) is 4.31. The summed E-state index contributed by atoms with van der Waals surface area (Å²) in [6, 6.07) is 28.2. The van der Waals surface area contributed by atoms with Crippen molar-refractivity contribution >= 4 is 59.4 Å². The average Bonchev–Trinajstić information content (AvgIpc) is 3.13. The third-order valence-electron chi connectivity index (χ3n) is 7.31. The molecule has 7 nitrogen and oxygen atoms in total. The molecule has 0 aliphatic carbocycles. The molecular weight excluding hydrogens is 704 g/mol. The molecule has 45 heavy (non-hydrogen) atoms. The van der Waals surface area contributed by atoms with Gasteiger partial charge >= 0.3 is 5.97 Å². The minimum Gasteiger partial charge on any atom is -0.493 e. The lowest BCUT2D eigenvalue weighted by Gasteiger charge is -2.17. The molecule has 1 aliphatic heterocycles. The van der Waals surface area contributed by atoms with Crippen LogP contribution >= 0.6 is 31.9 Å². The largest absolute Gasteiger partial charge is 0.493 e. The lowest BCUT2D eigenvalue weighted by molar-refractivity contribution is -0.339. The third kappa shape index (κ3) is 7.50. The summed E-state index contributed by atoms with van der Waals surface area (Å²) in [6.45, 7) is 4.79. The van der Waals surface area contributed by atoms with Crippen molar-refractivity contribution in [1.29, 1.82) is 0 Å². The summed E-state index contributed by atoms with van der Waals surface area (Å²) >= 11 is 7.22. The van der Waals surface area contributed by atoms with Crippen LogP contribution in [0.4, 0.5) is 0 Å². The van der Waals surface area contributed by atoms with Crippen LogP contribution in [-0.2, 0) is 25.9 Å². The zero-order valence-electron chi connectivity index (χ0n) is 24.3. The van der Waals surface area contributed by atoms with E-state index in [0.29, 0.717) is 18.8 Å². The molecule has 230 valence electrons. The van der Waals surface area contributed by atoms with E-state index in [0.717, 1.165) is 64.8 Å². The Bertz CT molecular complexity index is 1740. The quantitative estimate of drug-likeness (QED) is 0.0467. The van der Waals surface area contributed by atoms with Crippen molar-refractivity contribution in [2.24, 2.45) is 0 Å². The van der Waals surface area contributed by atoms with Crippen molar-refractivity contribution in [1.82, 2.24) is 0 Å². The van der Waals surface area contributed by atoms with Gasteiger partial charge in [0.1, 0.15) is 37.1 Å². The number of hydrogen-bond acceptors (Lipinski definition) is 7. The summed E-state index contributed by atoms with van der Waals surface area (Å²) in [4.78, 5) is 22.6. The number of carbonyl (C=O) groups is 1. The predicted molar refractivity (Wildman–Crippen MR) is 181 cm³/mol. The molecular formula is C36H30Br2O7. The fraction of sp³-hybridized carbons (Fsp3) is 0.194. The van der Waals surface area contributed by atoms with Crippen LogP contribution in [0.5, 0.6) is 17.2 Å². The van der Waals surface area contributed by atoms with E-state index in [-0.39, 0.29) is 26.4 Å². The molecule has 0 bridgehead atoms. The summed E-state index contributed by atoms with van der Waals surface area (Å²) in [6.07, 6.45) is 1.24. The van der Waals surface area contributed by atoms with Crippen molar-refractivity contribution in [3.63, 3.8) is 0 Å². The number of carbonyl (C=O) groups excluding carboxylic acids is 1. The molecule has 6 rings (SSSR count). The fourth-order valence-electron chi connectivity index (χ4n) is 5.15. The first kappa shape index (κ1) is 31.1. The van der Waals surface area contributed by atoms with E-state index in [1.165, 1.54) is 0 Å². The van der Waals surface area contributed by atoms with Gasteiger partial charge in [0.25, 0.3) is 0 Å². The smallest absolute Gasteiger partial charge is 0.330 e. The Morgan fingerprint density at radius 1 is 0.800 bits per heavy atom. The second kappa shape index (κ2) is 14.5. The van der Waals surface area contributed by atoms with Gasteiger partial charge in [-0.3, -0.25) is 0 Å². The van der Waals surface area contributed by atoms with Gasteiger partial charge in [-0.05, 0) is 75.6 Å². The summed E-state index contributed by atoms with van der Waals surface area (Å²) in [5.74, 6) is 1.77. The Kier molecular flexibility index (Phi) is 10.0. The van der Waals surface area contributed by atoms with Gasteiger partial charge in [0.15, 0.2) is 6.10 Å². The molecule has 1 aliphatic rings. The molecule has 0 spiro atoms. The topological polar surface area (TPSA) is 72.5 Å². The Labute approximate surface area is 277 Å². The van der Waals surface area contributed by atoms with Crippen molar-refractivity contribution in [3.05, 3.63) is 112 Å². The Morgan fingerprint density at radius 3 is 1.98 bits per heavy atom. The van der Waals surface area contributed by atoms with Gasteiger partial charge in [-0.2, -0.15) is 0 Å². The monoisotopic (exact) mass is 732 g/mol. The number of benzene rings is 5. The lowest BCUT2D eigenvalue weighted by atomic mass is 9.92. The summed E-state index contributed by atoms with van der Waals surface area (Å²) in [7, 11) is 0. The standard InChI is InChI=1S/C36H30Br2O7/c1-2-34(39)41-17-3-16-40-28-10-4-23(5-11-28)20-44-45-29-21-42-32-14-6-24-18-26(37)8-12-30(24)35(32)36-31-13-9-27(38)19-25(31)7-15-33(36)43-22-29/h2,4-15,18-19,29H,1,3,16-17,20-22H2. The van der Waals surface area contributed by atoms with E-state index >= 15 is 0 Å². The average molecular weight is 734 g/mol. The van der Waals surface area contributed by atoms with Gasteiger partial charge in [-0.1, -0.05) is 74.8 Å².